The molecular weight excluding hydrogens is 304 g/mol. The Labute approximate surface area is 140 Å². The van der Waals surface area contributed by atoms with Crippen molar-refractivity contribution in [3.8, 4) is 6.07 Å². The molecule has 2 N–H and O–H groups in total. The van der Waals surface area contributed by atoms with Crippen LogP contribution in [0.1, 0.15) is 19.3 Å². The summed E-state index contributed by atoms with van der Waals surface area (Å²) in [5.41, 5.74) is 6.83. The molecule has 2 heterocycles. The van der Waals surface area contributed by atoms with Crippen LogP contribution in [0.15, 0.2) is 59.2 Å². The van der Waals surface area contributed by atoms with E-state index in [1.165, 1.54) is 0 Å². The lowest BCUT2D eigenvalue weighted by molar-refractivity contribution is -0.147. The van der Waals surface area contributed by atoms with Crippen LogP contribution in [0.25, 0.3) is 0 Å². The predicted octanol–water partition coefficient (Wildman–Crippen LogP) is 2.60. The van der Waals surface area contributed by atoms with Crippen molar-refractivity contribution in [3.05, 3.63) is 59.2 Å². The third-order valence-electron chi connectivity index (χ3n) is 5.06. The fourth-order valence-corrected chi connectivity index (χ4v) is 3.95. The highest BCUT2D eigenvalue weighted by Gasteiger charge is 2.47. The van der Waals surface area contributed by atoms with E-state index in [1.807, 2.05) is 24.3 Å². The van der Waals surface area contributed by atoms with Crippen LogP contribution in [0.4, 0.5) is 0 Å². The molecule has 5 nitrogen and oxygen atoms in total. The molecule has 0 amide bonds. The smallest absolute Gasteiger partial charge is 0.338 e. The molecule has 0 saturated carbocycles. The molecule has 0 aromatic carbocycles. The second kappa shape index (κ2) is 5.72. The summed E-state index contributed by atoms with van der Waals surface area (Å²) in [6.45, 7) is 0. The Hall–Kier alpha value is -2.74. The molecular formula is C19H18N2O3. The van der Waals surface area contributed by atoms with Crippen molar-refractivity contribution < 1.29 is 14.3 Å². The van der Waals surface area contributed by atoms with E-state index in [-0.39, 0.29) is 29.7 Å². The topological polar surface area (TPSA) is 85.3 Å². The number of allylic oxidation sites excluding steroid dienone is 5. The van der Waals surface area contributed by atoms with Gasteiger partial charge in [0.05, 0.1) is 17.1 Å². The number of carbonyl (C=O) groups excluding carboxylic acids is 1. The first-order chi connectivity index (χ1) is 11.7. The van der Waals surface area contributed by atoms with Crippen molar-refractivity contribution in [1.29, 1.82) is 5.26 Å². The third-order valence-corrected chi connectivity index (χ3v) is 5.06. The van der Waals surface area contributed by atoms with Crippen LogP contribution >= 0.6 is 0 Å². The zero-order chi connectivity index (χ0) is 16.7. The molecule has 24 heavy (non-hydrogen) atoms. The molecule has 0 radical (unpaired) electrons. The zero-order valence-electron chi connectivity index (χ0n) is 13.1. The van der Waals surface area contributed by atoms with Gasteiger partial charge in [-0.25, -0.2) is 4.79 Å². The second-order valence-electron chi connectivity index (χ2n) is 6.44. The SMILES string of the molecule is N#CC1=C(N)OC2=C(C(=O)O[C@@H]3C=CC=C[C@H]23)[C@H]1[C@H]1C=CCCC1. The summed E-state index contributed by atoms with van der Waals surface area (Å²) in [6.07, 6.45) is 14.3. The molecule has 4 aliphatic rings. The van der Waals surface area contributed by atoms with Gasteiger partial charge in [-0.3, -0.25) is 0 Å². The van der Waals surface area contributed by atoms with E-state index < -0.39 is 5.97 Å². The Kier molecular flexibility index (Phi) is 3.53. The molecule has 0 aromatic rings. The lowest BCUT2D eigenvalue weighted by Gasteiger charge is -2.39. The Morgan fingerprint density at radius 3 is 2.83 bits per heavy atom. The number of ether oxygens (including phenoxy) is 2. The predicted molar refractivity (Wildman–Crippen MR) is 86.6 cm³/mol. The largest absolute Gasteiger partial charge is 0.454 e. The molecule has 0 unspecified atom stereocenters. The lowest BCUT2D eigenvalue weighted by atomic mass is 9.72. The number of hydrogen-bond acceptors (Lipinski definition) is 5. The highest BCUT2D eigenvalue weighted by molar-refractivity contribution is 5.92. The van der Waals surface area contributed by atoms with Crippen LogP contribution in [0, 0.1) is 29.1 Å². The molecule has 4 atom stereocenters. The summed E-state index contributed by atoms with van der Waals surface area (Å²) < 4.78 is 11.4. The molecule has 5 heteroatoms. The van der Waals surface area contributed by atoms with Crippen LogP contribution in [0.5, 0.6) is 0 Å². The minimum atomic E-state index is -0.407. The third kappa shape index (κ3) is 2.18. The van der Waals surface area contributed by atoms with Gasteiger partial charge in [-0.2, -0.15) is 5.26 Å². The maximum atomic E-state index is 12.7. The first-order valence-corrected chi connectivity index (χ1v) is 8.25. The minimum absolute atomic E-state index is 0.0630. The second-order valence-corrected chi connectivity index (χ2v) is 6.44. The van der Waals surface area contributed by atoms with Crippen molar-refractivity contribution in [2.24, 2.45) is 23.5 Å². The zero-order valence-corrected chi connectivity index (χ0v) is 13.1. The van der Waals surface area contributed by atoms with Crippen molar-refractivity contribution in [2.45, 2.75) is 25.4 Å². The number of rotatable bonds is 1. The number of nitrogens with two attached hydrogens (primary N) is 1. The minimum Gasteiger partial charge on any atom is -0.454 e. The number of nitriles is 1. The van der Waals surface area contributed by atoms with Crippen molar-refractivity contribution in [2.75, 3.05) is 0 Å². The van der Waals surface area contributed by atoms with Gasteiger partial charge in [-0.15, -0.1) is 0 Å². The molecule has 122 valence electrons. The number of hydrogen-bond donors (Lipinski definition) is 1. The molecule has 0 fully saturated rings. The molecule has 0 bridgehead atoms. The summed E-state index contributed by atoms with van der Waals surface area (Å²) in [7, 11) is 0. The number of carbonyl (C=O) groups is 1. The van der Waals surface area contributed by atoms with Gasteiger partial charge < -0.3 is 15.2 Å². The van der Waals surface area contributed by atoms with Crippen LogP contribution in [-0.4, -0.2) is 12.1 Å². The van der Waals surface area contributed by atoms with Gasteiger partial charge >= 0.3 is 5.97 Å². The Morgan fingerprint density at radius 1 is 1.25 bits per heavy atom. The van der Waals surface area contributed by atoms with E-state index in [0.717, 1.165) is 19.3 Å². The fourth-order valence-electron chi connectivity index (χ4n) is 3.95. The first kappa shape index (κ1) is 14.8. The van der Waals surface area contributed by atoms with Gasteiger partial charge in [0.25, 0.3) is 0 Å². The Morgan fingerprint density at radius 2 is 2.08 bits per heavy atom. The van der Waals surface area contributed by atoms with Crippen LogP contribution in [-0.2, 0) is 14.3 Å². The summed E-state index contributed by atoms with van der Waals surface area (Å²) >= 11 is 0. The van der Waals surface area contributed by atoms with E-state index >= 15 is 0 Å². The van der Waals surface area contributed by atoms with Crippen molar-refractivity contribution in [1.82, 2.24) is 0 Å². The summed E-state index contributed by atoms with van der Waals surface area (Å²) in [6, 6.07) is 2.15. The van der Waals surface area contributed by atoms with E-state index in [4.69, 9.17) is 15.2 Å². The van der Waals surface area contributed by atoms with Crippen LogP contribution < -0.4 is 5.73 Å². The van der Waals surface area contributed by atoms with Crippen LogP contribution in [0.3, 0.4) is 0 Å². The monoisotopic (exact) mass is 322 g/mol. The summed E-state index contributed by atoms with van der Waals surface area (Å²) in [4.78, 5) is 12.7. The van der Waals surface area contributed by atoms with Crippen LogP contribution in [0.2, 0.25) is 0 Å². The summed E-state index contributed by atoms with van der Waals surface area (Å²) in [5.74, 6) is -0.267. The lowest BCUT2D eigenvalue weighted by Crippen LogP contribution is -2.41. The average molecular weight is 322 g/mol. The Bertz CT molecular complexity index is 779. The maximum absolute atomic E-state index is 12.7. The van der Waals surface area contributed by atoms with E-state index in [9.17, 15) is 10.1 Å². The van der Waals surface area contributed by atoms with Gasteiger partial charge in [0, 0.05) is 5.92 Å². The molecule has 2 aliphatic heterocycles. The van der Waals surface area contributed by atoms with Gasteiger partial charge in [-0.05, 0) is 31.3 Å². The number of fused-ring (bicyclic) bond motifs is 2. The summed E-state index contributed by atoms with van der Waals surface area (Å²) in [5, 5.41) is 9.58. The van der Waals surface area contributed by atoms with E-state index in [1.54, 1.807) is 0 Å². The van der Waals surface area contributed by atoms with E-state index in [2.05, 4.69) is 18.2 Å². The van der Waals surface area contributed by atoms with Crippen molar-refractivity contribution >= 4 is 5.97 Å². The van der Waals surface area contributed by atoms with E-state index in [0.29, 0.717) is 16.9 Å². The number of nitrogens with zero attached hydrogens (tertiary/aromatic N) is 1. The van der Waals surface area contributed by atoms with Gasteiger partial charge in [-0.1, -0.05) is 30.4 Å². The highest BCUT2D eigenvalue weighted by Crippen LogP contribution is 2.46. The fraction of sp³-hybridized carbons (Fsp3) is 0.368. The van der Waals surface area contributed by atoms with Gasteiger partial charge in [0.1, 0.15) is 17.9 Å². The highest BCUT2D eigenvalue weighted by atomic mass is 16.6. The molecule has 0 aromatic heterocycles. The van der Waals surface area contributed by atoms with Gasteiger partial charge in [0.2, 0.25) is 5.88 Å². The molecule has 0 spiro atoms. The van der Waals surface area contributed by atoms with Gasteiger partial charge in [0.15, 0.2) is 0 Å². The molecule has 4 rings (SSSR count). The van der Waals surface area contributed by atoms with Crippen molar-refractivity contribution in [3.63, 3.8) is 0 Å². The quantitative estimate of drug-likeness (QED) is 0.592. The molecule has 0 saturated heterocycles. The normalized spacial score (nSPS) is 34.2. The first-order valence-electron chi connectivity index (χ1n) is 8.25. The maximum Gasteiger partial charge on any atom is 0.338 e. The average Bonchev–Trinajstić information content (AvgIpc) is 2.61. The molecule has 2 aliphatic carbocycles. The standard InChI is InChI=1S/C19H18N2O3/c20-10-13-15(11-6-2-1-3-7-11)16-17(24-18(13)21)12-8-4-5-9-14(12)23-19(16)22/h2,4-6,8-9,11-12,14-15H,1,3,7,21H2/t11-,12-,14+,15-/m0/s1. The number of esters is 1. The Balaban J connectivity index is 1.84.